The van der Waals surface area contributed by atoms with Gasteiger partial charge in [-0.1, -0.05) is 0 Å². The van der Waals surface area contributed by atoms with E-state index in [1.165, 1.54) is 37.9 Å². The molecule has 0 aliphatic rings. The molecule has 1 N–H and O–H groups in total. The molecule has 2 rings (SSSR count). The van der Waals surface area contributed by atoms with Gasteiger partial charge in [0.1, 0.15) is 0 Å². The summed E-state index contributed by atoms with van der Waals surface area (Å²) in [6.07, 6.45) is 0. The number of nitrogens with zero attached hydrogens (tertiary/aromatic N) is 2. The fourth-order valence-electron chi connectivity index (χ4n) is 2.14. The lowest BCUT2D eigenvalue weighted by atomic mass is 10.3. The van der Waals surface area contributed by atoms with Crippen LogP contribution >= 0.6 is 15.9 Å². The first kappa shape index (κ1) is 17.9. The van der Waals surface area contributed by atoms with Crippen LogP contribution < -0.4 is 15.8 Å². The minimum atomic E-state index is -3.79. The van der Waals surface area contributed by atoms with Crippen molar-refractivity contribution in [2.75, 3.05) is 20.3 Å². The van der Waals surface area contributed by atoms with Crippen LogP contribution in [0.15, 0.2) is 31.1 Å². The highest BCUT2D eigenvalue weighted by Crippen LogP contribution is 2.26. The summed E-state index contributed by atoms with van der Waals surface area (Å²) in [6, 6.07) is 2.86. The number of fused-ring (bicyclic) bond motifs is 1. The van der Waals surface area contributed by atoms with Crippen molar-refractivity contribution in [1.82, 2.24) is 13.9 Å². The van der Waals surface area contributed by atoms with Crippen molar-refractivity contribution in [1.29, 1.82) is 0 Å². The van der Waals surface area contributed by atoms with Crippen molar-refractivity contribution in [2.24, 2.45) is 14.1 Å². The Kier molecular flexibility index (Phi) is 5.09. The second-order valence-corrected chi connectivity index (χ2v) is 7.48. The molecule has 0 aliphatic carbocycles. The number of sulfonamides is 1. The van der Waals surface area contributed by atoms with Crippen LogP contribution in [0.5, 0.6) is 0 Å². The highest BCUT2D eigenvalue weighted by molar-refractivity contribution is 9.10. The van der Waals surface area contributed by atoms with Gasteiger partial charge >= 0.3 is 11.1 Å². The highest BCUT2D eigenvalue weighted by Gasteiger charge is 2.20. The molecule has 0 atom stereocenters. The second-order valence-electron chi connectivity index (χ2n) is 4.89. The summed E-state index contributed by atoms with van der Waals surface area (Å²) in [5.41, 5.74) is -0.619. The largest absolute Gasteiger partial charge is 0.383 e. The van der Waals surface area contributed by atoms with Gasteiger partial charge in [0.25, 0.3) is 0 Å². The van der Waals surface area contributed by atoms with Crippen molar-refractivity contribution >= 4 is 37.0 Å². The van der Waals surface area contributed by atoms with E-state index in [4.69, 9.17) is 4.74 Å². The number of nitrogens with one attached hydrogen (secondary N) is 1. The highest BCUT2D eigenvalue weighted by atomic mass is 79.9. The monoisotopic (exact) mass is 405 g/mol. The molecule has 23 heavy (non-hydrogen) atoms. The van der Waals surface area contributed by atoms with E-state index in [-0.39, 0.29) is 18.0 Å². The molecule has 0 saturated carbocycles. The molecule has 1 heterocycles. The Balaban J connectivity index is 2.72. The Morgan fingerprint density at radius 1 is 1.13 bits per heavy atom. The van der Waals surface area contributed by atoms with Crippen molar-refractivity contribution in [2.45, 2.75) is 4.90 Å². The number of hydrogen-bond donors (Lipinski definition) is 1. The molecule has 0 saturated heterocycles. The molecule has 1 aromatic heterocycles. The van der Waals surface area contributed by atoms with Crippen LogP contribution in [-0.4, -0.2) is 37.8 Å². The van der Waals surface area contributed by atoms with Gasteiger partial charge in [0.05, 0.1) is 22.5 Å². The molecule has 0 spiro atoms. The standard InChI is InChI=1S/C13H16BrN3O5S/c1-16-9-6-8(14)11(23(20,21)15-4-5-22-3)7-10(9)17(2)13(19)12(16)18/h6-7,15H,4-5H2,1-3H3. The number of ether oxygens (including phenoxy) is 1. The number of hydrogen-bond acceptors (Lipinski definition) is 5. The zero-order valence-corrected chi connectivity index (χ0v) is 15.2. The Morgan fingerprint density at radius 3 is 2.17 bits per heavy atom. The van der Waals surface area contributed by atoms with Gasteiger partial charge in [-0.25, -0.2) is 13.1 Å². The molecular weight excluding hydrogens is 390 g/mol. The fourth-order valence-corrected chi connectivity index (χ4v) is 4.20. The van der Waals surface area contributed by atoms with E-state index in [0.29, 0.717) is 15.5 Å². The first-order valence-corrected chi connectivity index (χ1v) is 8.86. The predicted octanol–water partition coefficient (Wildman–Crippen LogP) is -0.0756. The van der Waals surface area contributed by atoms with Gasteiger partial charge in [-0.05, 0) is 28.1 Å². The molecule has 2 aromatic rings. The average molecular weight is 406 g/mol. The van der Waals surface area contributed by atoms with E-state index in [1.54, 1.807) is 0 Å². The Hall–Kier alpha value is -1.49. The number of methoxy groups -OCH3 is 1. The van der Waals surface area contributed by atoms with Gasteiger partial charge in [-0.3, -0.25) is 9.59 Å². The minimum absolute atomic E-state index is 0.0187. The topological polar surface area (TPSA) is 99.4 Å². The molecule has 0 unspecified atom stereocenters. The maximum atomic E-state index is 12.4. The SMILES string of the molecule is COCCNS(=O)(=O)c1cc2c(cc1Br)n(C)c(=O)c(=O)n2C. The van der Waals surface area contributed by atoms with Gasteiger partial charge in [0.15, 0.2) is 0 Å². The Labute approximate surface area is 140 Å². The Morgan fingerprint density at radius 2 is 1.65 bits per heavy atom. The second kappa shape index (κ2) is 6.56. The smallest absolute Gasteiger partial charge is 0.316 e. The molecule has 126 valence electrons. The average Bonchev–Trinajstić information content (AvgIpc) is 2.50. The van der Waals surface area contributed by atoms with Crippen molar-refractivity contribution in [3.63, 3.8) is 0 Å². The van der Waals surface area contributed by atoms with Gasteiger partial charge in [-0.2, -0.15) is 0 Å². The first-order valence-electron chi connectivity index (χ1n) is 6.58. The van der Waals surface area contributed by atoms with Crippen molar-refractivity contribution in [3.05, 3.63) is 37.3 Å². The molecule has 10 heteroatoms. The molecule has 0 fully saturated rings. The third-order valence-corrected chi connectivity index (χ3v) is 5.85. The molecular formula is C13H16BrN3O5S. The number of benzene rings is 1. The lowest BCUT2D eigenvalue weighted by molar-refractivity contribution is 0.204. The number of aryl methyl sites for hydroxylation is 2. The van der Waals surface area contributed by atoms with Gasteiger partial charge in [0, 0.05) is 32.2 Å². The van der Waals surface area contributed by atoms with Gasteiger partial charge in [0.2, 0.25) is 10.0 Å². The molecule has 0 bridgehead atoms. The Bertz CT molecular complexity index is 978. The lowest BCUT2D eigenvalue weighted by Crippen LogP contribution is -2.39. The van der Waals surface area contributed by atoms with Crippen LogP contribution in [0.1, 0.15) is 0 Å². The third-order valence-electron chi connectivity index (χ3n) is 3.43. The normalized spacial score (nSPS) is 12.0. The first-order chi connectivity index (χ1) is 10.7. The summed E-state index contributed by atoms with van der Waals surface area (Å²) in [5.74, 6) is 0. The summed E-state index contributed by atoms with van der Waals surface area (Å²) >= 11 is 3.21. The zero-order chi connectivity index (χ0) is 17.4. The predicted molar refractivity (Wildman–Crippen MR) is 89.2 cm³/mol. The van der Waals surface area contributed by atoms with E-state index in [9.17, 15) is 18.0 Å². The fraction of sp³-hybridized carbons (Fsp3) is 0.385. The minimum Gasteiger partial charge on any atom is -0.383 e. The molecule has 0 aliphatic heterocycles. The summed E-state index contributed by atoms with van der Waals surface area (Å²) in [6.45, 7) is 0.354. The quantitative estimate of drug-likeness (QED) is 0.554. The molecule has 8 nitrogen and oxygen atoms in total. The third kappa shape index (κ3) is 3.25. The lowest BCUT2D eigenvalue weighted by Gasteiger charge is -2.13. The van der Waals surface area contributed by atoms with Crippen LogP contribution in [0, 0.1) is 0 Å². The molecule has 0 amide bonds. The molecule has 1 aromatic carbocycles. The van der Waals surface area contributed by atoms with E-state index in [0.717, 1.165) is 4.57 Å². The van der Waals surface area contributed by atoms with Crippen LogP contribution in [0.4, 0.5) is 0 Å². The van der Waals surface area contributed by atoms with E-state index >= 15 is 0 Å². The van der Waals surface area contributed by atoms with Crippen molar-refractivity contribution < 1.29 is 13.2 Å². The maximum Gasteiger partial charge on any atom is 0.316 e. The maximum absolute atomic E-state index is 12.4. The summed E-state index contributed by atoms with van der Waals surface area (Å²) < 4.78 is 34.6. The van der Waals surface area contributed by atoms with E-state index in [1.807, 2.05) is 0 Å². The van der Waals surface area contributed by atoms with Crippen LogP contribution in [-0.2, 0) is 28.9 Å². The molecule has 0 radical (unpaired) electrons. The summed E-state index contributed by atoms with van der Waals surface area (Å²) in [7, 11) is 0.569. The van der Waals surface area contributed by atoms with E-state index < -0.39 is 21.1 Å². The number of rotatable bonds is 5. The zero-order valence-electron chi connectivity index (χ0n) is 12.8. The van der Waals surface area contributed by atoms with E-state index in [2.05, 4.69) is 20.7 Å². The summed E-state index contributed by atoms with van der Waals surface area (Å²) in [4.78, 5) is 23.7. The summed E-state index contributed by atoms with van der Waals surface area (Å²) in [5, 5.41) is 0. The van der Waals surface area contributed by atoms with Gasteiger partial charge in [-0.15, -0.1) is 0 Å². The number of aromatic nitrogens is 2. The van der Waals surface area contributed by atoms with Gasteiger partial charge < -0.3 is 13.9 Å². The van der Waals surface area contributed by atoms with Crippen LogP contribution in [0.2, 0.25) is 0 Å². The van der Waals surface area contributed by atoms with Crippen molar-refractivity contribution in [3.8, 4) is 0 Å². The van der Waals surface area contributed by atoms with Crippen LogP contribution in [0.25, 0.3) is 11.0 Å². The van der Waals surface area contributed by atoms with Crippen LogP contribution in [0.3, 0.4) is 0 Å². The number of halogens is 1.